The molecule has 0 bridgehead atoms. The van der Waals surface area contributed by atoms with Gasteiger partial charge in [0, 0.05) is 17.2 Å². The van der Waals surface area contributed by atoms with Gasteiger partial charge in [0.05, 0.1) is 6.61 Å². The minimum atomic E-state index is -0.270. The summed E-state index contributed by atoms with van der Waals surface area (Å²) in [7, 11) is 0. The van der Waals surface area contributed by atoms with Gasteiger partial charge in [-0.2, -0.15) is 5.10 Å². The Hall–Kier alpha value is -1.32. The average molecular weight is 250 g/mol. The van der Waals surface area contributed by atoms with E-state index in [-0.39, 0.29) is 5.97 Å². The van der Waals surface area contributed by atoms with Crippen molar-refractivity contribution in [3.8, 4) is 0 Å². The Morgan fingerprint density at radius 3 is 2.89 bits per heavy atom. The molecule has 0 amide bonds. The molecule has 1 aromatic heterocycles. The second kappa shape index (κ2) is 5.12. The van der Waals surface area contributed by atoms with Crippen LogP contribution in [0.2, 0.25) is 0 Å². The number of carbonyl (C=O) groups is 1. The molecule has 0 spiro atoms. The molecule has 100 valence electrons. The molecule has 1 saturated carbocycles. The van der Waals surface area contributed by atoms with Crippen molar-refractivity contribution in [2.45, 2.75) is 46.5 Å². The number of nitrogens with zero attached hydrogens (tertiary/aromatic N) is 1. The number of ether oxygens (including phenoxy) is 1. The minimum Gasteiger partial charge on any atom is -0.461 e. The van der Waals surface area contributed by atoms with Crippen LogP contribution >= 0.6 is 0 Å². The van der Waals surface area contributed by atoms with E-state index >= 15 is 0 Å². The quantitative estimate of drug-likeness (QED) is 0.839. The summed E-state index contributed by atoms with van der Waals surface area (Å²) in [4.78, 5) is 11.7. The monoisotopic (exact) mass is 250 g/mol. The van der Waals surface area contributed by atoms with Gasteiger partial charge in [-0.1, -0.05) is 27.7 Å². The summed E-state index contributed by atoms with van der Waals surface area (Å²) in [5.74, 6) is 1.85. The summed E-state index contributed by atoms with van der Waals surface area (Å²) >= 11 is 0. The molecule has 0 radical (unpaired) electrons. The number of aromatic nitrogens is 2. The lowest BCUT2D eigenvalue weighted by Gasteiger charge is -2.02. The molecule has 18 heavy (non-hydrogen) atoms. The molecule has 1 aromatic rings. The molecule has 1 heterocycles. The summed E-state index contributed by atoms with van der Waals surface area (Å²) < 4.78 is 5.12. The normalized spacial score (nSPS) is 26.8. The maximum absolute atomic E-state index is 11.7. The van der Waals surface area contributed by atoms with Gasteiger partial charge in [0.15, 0.2) is 5.69 Å². The molecule has 1 fully saturated rings. The van der Waals surface area contributed by atoms with E-state index in [1.165, 1.54) is 5.69 Å². The fraction of sp³-hybridized carbons (Fsp3) is 0.714. The molecule has 0 saturated heterocycles. The van der Waals surface area contributed by atoms with Gasteiger partial charge in [-0.3, -0.25) is 5.10 Å². The molecule has 2 aliphatic carbocycles. The highest BCUT2D eigenvalue weighted by Crippen LogP contribution is 2.60. The maximum atomic E-state index is 11.7. The van der Waals surface area contributed by atoms with Gasteiger partial charge in [0.25, 0.3) is 0 Å². The molecule has 4 heteroatoms. The number of esters is 1. The first-order valence-corrected chi connectivity index (χ1v) is 6.98. The number of nitrogens with one attached hydrogen (secondary N) is 1. The number of H-pyrrole nitrogens is 1. The predicted octanol–water partition coefficient (Wildman–Crippen LogP) is 2.91. The van der Waals surface area contributed by atoms with E-state index in [0.717, 1.165) is 30.2 Å². The van der Waals surface area contributed by atoms with Gasteiger partial charge in [-0.15, -0.1) is 0 Å². The van der Waals surface area contributed by atoms with Gasteiger partial charge in [0.2, 0.25) is 0 Å². The van der Waals surface area contributed by atoms with Gasteiger partial charge < -0.3 is 4.74 Å². The van der Waals surface area contributed by atoms with E-state index in [0.29, 0.717) is 18.2 Å². The highest BCUT2D eigenvalue weighted by Gasteiger charge is 2.55. The minimum absolute atomic E-state index is 0.270. The van der Waals surface area contributed by atoms with Crippen molar-refractivity contribution in [1.82, 2.24) is 10.2 Å². The molecule has 3 atom stereocenters. The van der Waals surface area contributed by atoms with Crippen molar-refractivity contribution >= 4 is 5.97 Å². The molecule has 4 nitrogen and oxygen atoms in total. The number of aromatic amines is 1. The largest absolute Gasteiger partial charge is 0.461 e. The zero-order chi connectivity index (χ0) is 13.3. The molecule has 2 aliphatic rings. The summed E-state index contributed by atoms with van der Waals surface area (Å²) in [6, 6.07) is 0. The third-order valence-corrected chi connectivity index (χ3v) is 3.87. The highest BCUT2D eigenvalue weighted by molar-refractivity contribution is 5.89. The number of rotatable bonds is 3. The van der Waals surface area contributed by atoms with Crippen LogP contribution in [0.3, 0.4) is 0 Å². The van der Waals surface area contributed by atoms with Crippen LogP contribution in [0.1, 0.15) is 61.8 Å². The van der Waals surface area contributed by atoms with Crippen LogP contribution in [0.25, 0.3) is 0 Å². The number of hydrogen-bond donors (Lipinski definition) is 1. The van der Waals surface area contributed by atoms with Crippen molar-refractivity contribution in [1.29, 1.82) is 0 Å². The van der Waals surface area contributed by atoms with Crippen molar-refractivity contribution in [3.63, 3.8) is 0 Å². The highest BCUT2D eigenvalue weighted by atomic mass is 16.5. The second-order valence-corrected chi connectivity index (χ2v) is 4.85. The summed E-state index contributed by atoms with van der Waals surface area (Å²) in [5.41, 5.74) is 2.80. The van der Waals surface area contributed by atoms with Gasteiger partial charge >= 0.3 is 5.97 Å². The lowest BCUT2D eigenvalue weighted by Crippen LogP contribution is -2.09. The molecule has 0 aliphatic heterocycles. The Morgan fingerprint density at radius 2 is 2.22 bits per heavy atom. The van der Waals surface area contributed by atoms with E-state index in [1.807, 2.05) is 20.8 Å². The zero-order valence-electron chi connectivity index (χ0n) is 11.6. The van der Waals surface area contributed by atoms with Crippen molar-refractivity contribution in [3.05, 3.63) is 17.0 Å². The SMILES string of the molecule is CC.CCCOC(=O)c1n[nH]c2c1C[C@H]1C(C)[C@@H]21. The fourth-order valence-electron chi connectivity index (χ4n) is 2.86. The van der Waals surface area contributed by atoms with E-state index < -0.39 is 0 Å². The standard InChI is InChI=1S/C12H16N2O2.C2H6/c1-3-4-16-12(15)11-8-5-7-6(2)9(7)10(8)13-14-11;1-2/h6-7,9H,3-5H2,1-2H3,(H,13,14);1-2H3/t6?,7-,9+;/m0./s1. The van der Waals surface area contributed by atoms with Crippen LogP contribution in [-0.4, -0.2) is 22.8 Å². The second-order valence-electron chi connectivity index (χ2n) is 4.85. The number of hydrogen-bond acceptors (Lipinski definition) is 3. The topological polar surface area (TPSA) is 55.0 Å². The summed E-state index contributed by atoms with van der Waals surface area (Å²) in [6.45, 7) is 8.72. The Bertz CT molecular complexity index is 439. The van der Waals surface area contributed by atoms with E-state index in [4.69, 9.17) is 4.74 Å². The van der Waals surface area contributed by atoms with E-state index in [1.54, 1.807) is 0 Å². The lowest BCUT2D eigenvalue weighted by atomic mass is 10.1. The first-order chi connectivity index (χ1) is 8.74. The molecular weight excluding hydrogens is 228 g/mol. The number of fused-ring (bicyclic) bond motifs is 3. The Labute approximate surface area is 108 Å². The zero-order valence-corrected chi connectivity index (χ0v) is 11.6. The molecule has 3 rings (SSSR count). The van der Waals surface area contributed by atoms with Crippen LogP contribution in [0.4, 0.5) is 0 Å². The van der Waals surface area contributed by atoms with Crippen molar-refractivity contribution in [2.24, 2.45) is 11.8 Å². The summed E-state index contributed by atoms with van der Waals surface area (Å²) in [6.07, 6.45) is 1.84. The first kappa shape index (κ1) is 13.1. The third kappa shape index (κ3) is 1.93. The smallest absolute Gasteiger partial charge is 0.359 e. The van der Waals surface area contributed by atoms with Crippen molar-refractivity contribution < 1.29 is 9.53 Å². The van der Waals surface area contributed by atoms with Crippen molar-refractivity contribution in [2.75, 3.05) is 6.61 Å². The predicted molar refractivity (Wildman–Crippen MR) is 69.6 cm³/mol. The van der Waals surface area contributed by atoms with Crippen LogP contribution in [0, 0.1) is 11.8 Å². The van der Waals surface area contributed by atoms with E-state index in [2.05, 4.69) is 17.1 Å². The molecule has 1 unspecified atom stereocenters. The van der Waals surface area contributed by atoms with Gasteiger partial charge in [0.1, 0.15) is 0 Å². The number of carbonyl (C=O) groups excluding carboxylic acids is 1. The van der Waals surface area contributed by atoms with Crippen LogP contribution in [0.5, 0.6) is 0 Å². The third-order valence-electron chi connectivity index (χ3n) is 3.87. The van der Waals surface area contributed by atoms with E-state index in [9.17, 15) is 4.79 Å². The molecule has 0 aromatic carbocycles. The fourth-order valence-corrected chi connectivity index (χ4v) is 2.86. The maximum Gasteiger partial charge on any atom is 0.359 e. The molecular formula is C14H22N2O2. The average Bonchev–Trinajstić information content (AvgIpc) is 2.78. The molecule has 1 N–H and O–H groups in total. The van der Waals surface area contributed by atoms with Crippen LogP contribution < -0.4 is 0 Å². The van der Waals surface area contributed by atoms with Crippen LogP contribution in [-0.2, 0) is 11.2 Å². The Morgan fingerprint density at radius 1 is 1.50 bits per heavy atom. The lowest BCUT2D eigenvalue weighted by molar-refractivity contribution is 0.0497. The summed E-state index contributed by atoms with van der Waals surface area (Å²) in [5, 5.41) is 7.12. The first-order valence-electron chi connectivity index (χ1n) is 6.98. The Kier molecular flexibility index (Phi) is 3.73. The van der Waals surface area contributed by atoms with Gasteiger partial charge in [-0.25, -0.2) is 4.79 Å². The van der Waals surface area contributed by atoms with Crippen LogP contribution in [0.15, 0.2) is 0 Å². The van der Waals surface area contributed by atoms with Gasteiger partial charge in [-0.05, 0) is 24.7 Å². The Balaban J connectivity index is 0.000000574.